The average molecular weight is 449 g/mol. The molecule has 162 valence electrons. The second-order valence-corrected chi connectivity index (χ2v) is 8.20. The van der Waals surface area contributed by atoms with E-state index in [-0.39, 0.29) is 34.6 Å². The van der Waals surface area contributed by atoms with Crippen molar-refractivity contribution in [3.05, 3.63) is 57.8 Å². The Bertz CT molecular complexity index is 1310. The highest BCUT2D eigenvalue weighted by Crippen LogP contribution is 2.32. The summed E-state index contributed by atoms with van der Waals surface area (Å²) in [5, 5.41) is 4.28. The molecule has 0 bridgehead atoms. The van der Waals surface area contributed by atoms with Crippen LogP contribution >= 0.6 is 11.8 Å². The smallest absolute Gasteiger partial charge is 0.353 e. The molecular weight excluding hydrogens is 431 g/mol. The van der Waals surface area contributed by atoms with E-state index in [1.165, 1.54) is 23.9 Å². The Balaban J connectivity index is 1.60. The number of nitrogens with zero attached hydrogens (tertiary/aromatic N) is 4. The van der Waals surface area contributed by atoms with Crippen molar-refractivity contribution in [1.82, 2.24) is 24.7 Å². The standard InChI is InChI=1S/C20H18F3N5O2S/c1-10(2)28-18(29)16-14(7-11(3)24-16)25-19(28)31-9-15-26-17(27-30-15)12-5-4-6-13(8-12)20(21,22)23/h4-8,10,24H,9H2,1-3H3. The molecule has 1 N–H and O–H groups in total. The van der Waals surface area contributed by atoms with Crippen molar-refractivity contribution in [2.45, 2.75) is 43.9 Å². The molecule has 0 amide bonds. The van der Waals surface area contributed by atoms with Gasteiger partial charge in [-0.2, -0.15) is 18.2 Å². The molecule has 0 saturated heterocycles. The predicted molar refractivity (Wildman–Crippen MR) is 110 cm³/mol. The van der Waals surface area contributed by atoms with E-state index in [9.17, 15) is 18.0 Å². The van der Waals surface area contributed by atoms with Gasteiger partial charge in [0.2, 0.25) is 11.7 Å². The van der Waals surface area contributed by atoms with Gasteiger partial charge in [0.25, 0.3) is 5.56 Å². The lowest BCUT2D eigenvalue weighted by atomic mass is 10.1. The topological polar surface area (TPSA) is 89.6 Å². The van der Waals surface area contributed by atoms with Gasteiger partial charge in [0.05, 0.1) is 16.8 Å². The van der Waals surface area contributed by atoms with E-state index in [0.29, 0.717) is 16.2 Å². The number of aromatic amines is 1. The zero-order valence-corrected chi connectivity index (χ0v) is 17.6. The Labute approximate surface area is 178 Å². The number of benzene rings is 1. The number of thioether (sulfide) groups is 1. The van der Waals surface area contributed by atoms with Crippen molar-refractivity contribution < 1.29 is 17.7 Å². The minimum absolute atomic E-state index is 0.0626. The van der Waals surface area contributed by atoms with Gasteiger partial charge in [-0.1, -0.05) is 29.1 Å². The normalized spacial score (nSPS) is 12.2. The lowest BCUT2D eigenvalue weighted by Crippen LogP contribution is -2.25. The summed E-state index contributed by atoms with van der Waals surface area (Å²) in [6.07, 6.45) is -4.46. The first-order chi connectivity index (χ1) is 14.6. The fourth-order valence-electron chi connectivity index (χ4n) is 3.14. The van der Waals surface area contributed by atoms with E-state index in [1.807, 2.05) is 20.8 Å². The van der Waals surface area contributed by atoms with Crippen LogP contribution in [-0.2, 0) is 11.9 Å². The molecule has 0 radical (unpaired) electrons. The Morgan fingerprint density at radius 1 is 1.23 bits per heavy atom. The quantitative estimate of drug-likeness (QED) is 0.342. The number of aryl methyl sites for hydroxylation is 1. The molecule has 4 aromatic rings. The Morgan fingerprint density at radius 3 is 2.71 bits per heavy atom. The summed E-state index contributed by atoms with van der Waals surface area (Å²) in [6.45, 7) is 5.61. The highest BCUT2D eigenvalue weighted by atomic mass is 32.2. The van der Waals surface area contributed by atoms with Gasteiger partial charge in [-0.05, 0) is 39.0 Å². The highest BCUT2D eigenvalue weighted by molar-refractivity contribution is 7.98. The molecule has 0 atom stereocenters. The van der Waals surface area contributed by atoms with Crippen molar-refractivity contribution in [2.75, 3.05) is 0 Å². The zero-order valence-electron chi connectivity index (χ0n) is 16.8. The van der Waals surface area contributed by atoms with Crippen LogP contribution in [0.4, 0.5) is 13.2 Å². The van der Waals surface area contributed by atoms with Crippen molar-refractivity contribution in [1.29, 1.82) is 0 Å². The maximum absolute atomic E-state index is 12.9. The maximum Gasteiger partial charge on any atom is 0.416 e. The van der Waals surface area contributed by atoms with Crippen LogP contribution in [0.25, 0.3) is 22.4 Å². The zero-order chi connectivity index (χ0) is 22.3. The first-order valence-corrected chi connectivity index (χ1v) is 10.4. The first kappa shape index (κ1) is 21.2. The van der Waals surface area contributed by atoms with Crippen molar-refractivity contribution >= 4 is 22.8 Å². The van der Waals surface area contributed by atoms with Crippen LogP contribution in [0.5, 0.6) is 0 Å². The van der Waals surface area contributed by atoms with Gasteiger partial charge < -0.3 is 9.51 Å². The number of fused-ring (bicyclic) bond motifs is 1. The van der Waals surface area contributed by atoms with Crippen LogP contribution in [0, 0.1) is 6.92 Å². The number of hydrogen-bond donors (Lipinski definition) is 1. The number of nitrogens with one attached hydrogen (secondary N) is 1. The molecule has 0 aliphatic rings. The van der Waals surface area contributed by atoms with Gasteiger partial charge in [0, 0.05) is 17.3 Å². The summed E-state index contributed by atoms with van der Waals surface area (Å²) < 4.78 is 45.6. The summed E-state index contributed by atoms with van der Waals surface area (Å²) >= 11 is 1.24. The number of H-pyrrole nitrogens is 1. The lowest BCUT2D eigenvalue weighted by molar-refractivity contribution is -0.137. The molecule has 7 nitrogen and oxygen atoms in total. The van der Waals surface area contributed by atoms with Crippen molar-refractivity contribution in [3.63, 3.8) is 0 Å². The van der Waals surface area contributed by atoms with Gasteiger partial charge >= 0.3 is 6.18 Å². The first-order valence-electron chi connectivity index (χ1n) is 9.38. The Hall–Kier alpha value is -3.08. The second kappa shape index (κ2) is 7.88. The molecule has 3 heterocycles. The fraction of sp³-hybridized carbons (Fsp3) is 0.300. The van der Waals surface area contributed by atoms with E-state index in [0.717, 1.165) is 17.8 Å². The third-order valence-electron chi connectivity index (χ3n) is 4.54. The molecule has 1 aromatic carbocycles. The number of hydrogen-bond acceptors (Lipinski definition) is 6. The van der Waals surface area contributed by atoms with Gasteiger partial charge in [0.15, 0.2) is 5.16 Å². The molecule has 0 spiro atoms. The maximum atomic E-state index is 12.9. The minimum Gasteiger partial charge on any atom is -0.353 e. The molecular formula is C20H18F3N5O2S. The van der Waals surface area contributed by atoms with Crippen molar-refractivity contribution in [2.24, 2.45) is 0 Å². The fourth-order valence-corrected chi connectivity index (χ4v) is 4.10. The average Bonchev–Trinajstić information content (AvgIpc) is 3.32. The summed E-state index contributed by atoms with van der Waals surface area (Å²) in [4.78, 5) is 24.7. The summed E-state index contributed by atoms with van der Waals surface area (Å²) in [7, 11) is 0. The number of rotatable bonds is 5. The molecule has 4 rings (SSSR count). The van der Waals surface area contributed by atoms with Crippen LogP contribution in [0.15, 0.2) is 44.8 Å². The summed E-state index contributed by atoms with van der Waals surface area (Å²) in [5.74, 6) is 0.486. The molecule has 11 heteroatoms. The third kappa shape index (κ3) is 4.22. The van der Waals surface area contributed by atoms with Crippen LogP contribution in [0.1, 0.15) is 37.0 Å². The summed E-state index contributed by atoms with van der Waals surface area (Å²) in [6, 6.07) is 6.40. The number of halogens is 3. The third-order valence-corrected chi connectivity index (χ3v) is 5.48. The molecule has 0 fully saturated rings. The van der Waals surface area contributed by atoms with Gasteiger partial charge in [-0.15, -0.1) is 0 Å². The van der Waals surface area contributed by atoms with Gasteiger partial charge in [-0.3, -0.25) is 9.36 Å². The van der Waals surface area contributed by atoms with Crippen LogP contribution in [-0.4, -0.2) is 24.7 Å². The Morgan fingerprint density at radius 2 is 2.00 bits per heavy atom. The molecule has 0 saturated carbocycles. The largest absolute Gasteiger partial charge is 0.416 e. The predicted octanol–water partition coefficient (Wildman–Crippen LogP) is 4.98. The number of aromatic nitrogens is 5. The monoisotopic (exact) mass is 449 g/mol. The van der Waals surface area contributed by atoms with Crippen LogP contribution in [0.3, 0.4) is 0 Å². The SMILES string of the molecule is Cc1cc2nc(SCc3nc(-c4cccc(C(F)(F)F)c4)no3)n(C(C)C)c(=O)c2[nH]1. The van der Waals surface area contributed by atoms with E-state index < -0.39 is 11.7 Å². The molecule has 0 aliphatic carbocycles. The van der Waals surface area contributed by atoms with E-state index >= 15 is 0 Å². The molecule has 0 aliphatic heterocycles. The minimum atomic E-state index is -4.46. The van der Waals surface area contributed by atoms with E-state index in [2.05, 4.69) is 20.1 Å². The molecule has 0 unspecified atom stereocenters. The Kier molecular flexibility index (Phi) is 5.38. The molecule has 3 aromatic heterocycles. The summed E-state index contributed by atoms with van der Waals surface area (Å²) in [5.41, 5.74) is 1.09. The van der Waals surface area contributed by atoms with Gasteiger partial charge in [0.1, 0.15) is 5.52 Å². The van der Waals surface area contributed by atoms with Gasteiger partial charge in [-0.25, -0.2) is 4.98 Å². The number of alkyl halides is 3. The van der Waals surface area contributed by atoms with Crippen LogP contribution < -0.4 is 5.56 Å². The van der Waals surface area contributed by atoms with Crippen molar-refractivity contribution in [3.8, 4) is 11.4 Å². The highest BCUT2D eigenvalue weighted by Gasteiger charge is 2.30. The van der Waals surface area contributed by atoms with E-state index in [1.54, 1.807) is 10.6 Å². The molecule has 31 heavy (non-hydrogen) atoms. The van der Waals surface area contributed by atoms with Crippen LogP contribution in [0.2, 0.25) is 0 Å². The van der Waals surface area contributed by atoms with E-state index in [4.69, 9.17) is 4.52 Å². The second-order valence-electron chi connectivity index (χ2n) is 7.25. The lowest BCUT2D eigenvalue weighted by Gasteiger charge is -2.14.